The van der Waals surface area contributed by atoms with Crippen LogP contribution in [0.5, 0.6) is 0 Å². The standard InChI is InChI=1S/C76H145NO13/c1-3-5-7-9-11-13-15-17-19-21-23-25-27-29-30-31-32-33-34-36-38-40-42-44-46-48-50-52-54-56-58-60-68(81)77-64(63-87-75-73(86)71(84)74(67(62-79)89-75)90-76-72(85)70(83)69(82)66(61-78)88-76)65(80)59-57-55-53-51-49-47-45-43-41-39-37-35-28-26-24-22-20-18-16-14-12-10-8-6-4-2/h15,17,21,23,64-67,69-76,78-80,82-86H,3-14,16,18-20,22,24-63H2,1-2H3,(H,77,81)/b17-15-,23-21-. The van der Waals surface area contributed by atoms with Gasteiger partial charge in [0.15, 0.2) is 12.6 Å². The third-order valence-corrected chi connectivity index (χ3v) is 19.2. The molecule has 12 atom stereocenters. The van der Waals surface area contributed by atoms with E-state index in [-0.39, 0.29) is 12.5 Å². The van der Waals surface area contributed by atoms with Crippen molar-refractivity contribution in [2.75, 3.05) is 19.8 Å². The van der Waals surface area contributed by atoms with Crippen LogP contribution < -0.4 is 5.32 Å². The summed E-state index contributed by atoms with van der Waals surface area (Å²) in [5.74, 6) is -0.198. The van der Waals surface area contributed by atoms with Crippen molar-refractivity contribution in [3.05, 3.63) is 24.3 Å². The number of hydrogen-bond donors (Lipinski definition) is 9. The quantitative estimate of drug-likeness (QED) is 0.0204. The second-order valence-corrected chi connectivity index (χ2v) is 27.5. The fourth-order valence-electron chi connectivity index (χ4n) is 13.0. The van der Waals surface area contributed by atoms with Crippen molar-refractivity contribution in [2.45, 2.75) is 434 Å². The summed E-state index contributed by atoms with van der Waals surface area (Å²) < 4.78 is 23.0. The largest absolute Gasteiger partial charge is 0.394 e. The zero-order chi connectivity index (χ0) is 65.2. The van der Waals surface area contributed by atoms with E-state index in [1.807, 2.05) is 0 Å². The van der Waals surface area contributed by atoms with Crippen molar-refractivity contribution < 1.29 is 64.6 Å². The van der Waals surface area contributed by atoms with Crippen LogP contribution in [0.1, 0.15) is 361 Å². The van der Waals surface area contributed by atoms with Gasteiger partial charge in [-0.25, -0.2) is 0 Å². The van der Waals surface area contributed by atoms with Gasteiger partial charge >= 0.3 is 0 Å². The van der Waals surface area contributed by atoms with E-state index in [9.17, 15) is 45.6 Å². The molecule has 90 heavy (non-hydrogen) atoms. The molecule has 2 fully saturated rings. The topological polar surface area (TPSA) is 228 Å². The van der Waals surface area contributed by atoms with Gasteiger partial charge in [0.1, 0.15) is 48.8 Å². The number of allylic oxidation sites excluding steroid dienone is 4. The molecule has 0 aliphatic carbocycles. The Morgan fingerprint density at radius 2 is 0.733 bits per heavy atom. The molecule has 2 aliphatic rings. The maximum Gasteiger partial charge on any atom is 0.220 e. The summed E-state index contributed by atoms with van der Waals surface area (Å²) in [6, 6.07) is -0.828. The number of amides is 1. The normalized spacial score (nSPS) is 23.0. The minimum atomic E-state index is -1.78. The molecule has 532 valence electrons. The first kappa shape index (κ1) is 84.6. The van der Waals surface area contributed by atoms with Crippen LogP contribution in [0.3, 0.4) is 0 Å². The fraction of sp³-hybridized carbons (Fsp3) is 0.934. The monoisotopic (exact) mass is 1280 g/mol. The van der Waals surface area contributed by atoms with E-state index in [2.05, 4.69) is 43.5 Å². The van der Waals surface area contributed by atoms with Gasteiger partial charge in [0, 0.05) is 6.42 Å². The molecule has 0 saturated carbocycles. The van der Waals surface area contributed by atoms with Crippen LogP contribution in [0.15, 0.2) is 24.3 Å². The summed E-state index contributed by atoms with van der Waals surface area (Å²) in [5.41, 5.74) is 0. The highest BCUT2D eigenvalue weighted by atomic mass is 16.7. The average Bonchev–Trinajstić information content (AvgIpc) is 1.42. The van der Waals surface area contributed by atoms with Crippen LogP contribution in [0.25, 0.3) is 0 Å². The van der Waals surface area contributed by atoms with Gasteiger partial charge < -0.3 is 65.1 Å². The average molecular weight is 1280 g/mol. The molecule has 14 nitrogen and oxygen atoms in total. The molecular weight excluding hydrogens is 1130 g/mol. The first-order valence-electron chi connectivity index (χ1n) is 38.6. The number of carbonyl (C=O) groups excluding carboxylic acids is 1. The Bertz CT molecular complexity index is 1600. The first-order chi connectivity index (χ1) is 44.1. The summed E-state index contributed by atoms with van der Waals surface area (Å²) in [4.78, 5) is 13.4. The lowest BCUT2D eigenvalue weighted by Gasteiger charge is -2.46. The minimum Gasteiger partial charge on any atom is -0.394 e. The second kappa shape index (κ2) is 61.1. The minimum absolute atomic E-state index is 0.198. The van der Waals surface area contributed by atoms with E-state index < -0.39 is 86.8 Å². The van der Waals surface area contributed by atoms with Gasteiger partial charge in [-0.1, -0.05) is 334 Å². The lowest BCUT2D eigenvalue weighted by atomic mass is 9.97. The molecule has 1 amide bonds. The van der Waals surface area contributed by atoms with Gasteiger partial charge in [-0.15, -0.1) is 0 Å². The third kappa shape index (κ3) is 44.3. The van der Waals surface area contributed by atoms with Crippen molar-refractivity contribution in [1.82, 2.24) is 5.32 Å². The summed E-state index contributed by atoms with van der Waals surface area (Å²) in [7, 11) is 0. The first-order valence-corrected chi connectivity index (χ1v) is 38.6. The van der Waals surface area contributed by atoms with Crippen LogP contribution in [0.4, 0.5) is 0 Å². The Morgan fingerprint density at radius 1 is 0.400 bits per heavy atom. The SMILES string of the molecule is CCCCCCC/C=C\C/C=C\CCCCCCCCCCCCCCCCCCCCCC(=O)NC(COC1OC(CO)C(OC2OC(CO)C(O)C(O)C2O)C(O)C1O)C(O)CCCCCCCCCCCCCCCCCCCCCCCCCCC. The van der Waals surface area contributed by atoms with Crippen molar-refractivity contribution in [3.8, 4) is 0 Å². The molecule has 0 radical (unpaired) electrons. The number of nitrogens with one attached hydrogen (secondary N) is 1. The molecule has 0 aromatic rings. The lowest BCUT2D eigenvalue weighted by Crippen LogP contribution is -2.65. The van der Waals surface area contributed by atoms with E-state index >= 15 is 0 Å². The molecule has 0 aromatic heterocycles. The zero-order valence-electron chi connectivity index (χ0n) is 58.2. The van der Waals surface area contributed by atoms with Crippen LogP contribution in [-0.4, -0.2) is 140 Å². The molecule has 2 saturated heterocycles. The molecule has 9 N–H and O–H groups in total. The number of aliphatic hydroxyl groups excluding tert-OH is 8. The molecule has 0 aromatic carbocycles. The molecule has 2 heterocycles. The van der Waals surface area contributed by atoms with Crippen LogP contribution >= 0.6 is 0 Å². The molecule has 12 unspecified atom stereocenters. The van der Waals surface area contributed by atoms with Crippen LogP contribution in [0.2, 0.25) is 0 Å². The maximum atomic E-state index is 13.4. The summed E-state index contributed by atoms with van der Waals surface area (Å²) in [6.45, 7) is 2.92. The third-order valence-electron chi connectivity index (χ3n) is 19.2. The van der Waals surface area contributed by atoms with Gasteiger partial charge in [0.05, 0.1) is 32.0 Å². The van der Waals surface area contributed by atoms with Crippen molar-refractivity contribution in [3.63, 3.8) is 0 Å². The van der Waals surface area contributed by atoms with Gasteiger partial charge in [-0.3, -0.25) is 4.79 Å². The summed E-state index contributed by atoms with van der Waals surface area (Å²) >= 11 is 0. The van der Waals surface area contributed by atoms with Crippen LogP contribution in [-0.2, 0) is 23.7 Å². The van der Waals surface area contributed by atoms with Gasteiger partial charge in [-0.05, 0) is 44.9 Å². The Morgan fingerprint density at radius 3 is 1.11 bits per heavy atom. The zero-order valence-corrected chi connectivity index (χ0v) is 58.2. The number of carbonyl (C=O) groups is 1. The van der Waals surface area contributed by atoms with E-state index in [4.69, 9.17) is 18.9 Å². The molecule has 2 rings (SSSR count). The highest BCUT2D eigenvalue weighted by Crippen LogP contribution is 2.30. The highest BCUT2D eigenvalue weighted by molar-refractivity contribution is 5.76. The van der Waals surface area contributed by atoms with Crippen LogP contribution in [0, 0.1) is 0 Å². The molecular formula is C76H145NO13. The molecule has 14 heteroatoms. The fourth-order valence-corrected chi connectivity index (χ4v) is 13.0. The molecule has 2 aliphatic heterocycles. The predicted octanol–water partition coefficient (Wildman–Crippen LogP) is 16.7. The Balaban J connectivity index is 1.62. The Hall–Kier alpha value is -1.53. The van der Waals surface area contributed by atoms with E-state index in [0.29, 0.717) is 12.8 Å². The highest BCUT2D eigenvalue weighted by Gasteiger charge is 2.51. The van der Waals surface area contributed by atoms with Crippen molar-refractivity contribution in [2.24, 2.45) is 0 Å². The maximum absolute atomic E-state index is 13.4. The Labute approximate surface area is 551 Å². The van der Waals surface area contributed by atoms with Gasteiger partial charge in [-0.2, -0.15) is 0 Å². The smallest absolute Gasteiger partial charge is 0.220 e. The van der Waals surface area contributed by atoms with E-state index in [1.165, 1.54) is 276 Å². The van der Waals surface area contributed by atoms with E-state index in [1.54, 1.807) is 0 Å². The van der Waals surface area contributed by atoms with E-state index in [0.717, 1.165) is 57.8 Å². The van der Waals surface area contributed by atoms with Gasteiger partial charge in [0.2, 0.25) is 5.91 Å². The molecule has 0 bridgehead atoms. The molecule has 0 spiro atoms. The lowest BCUT2D eigenvalue weighted by molar-refractivity contribution is -0.359. The number of ether oxygens (including phenoxy) is 4. The Kier molecular flexibility index (Phi) is 57.4. The van der Waals surface area contributed by atoms with Crippen molar-refractivity contribution in [1.29, 1.82) is 0 Å². The summed E-state index contributed by atoms with van der Waals surface area (Å²) in [6.07, 6.45) is 60.6. The van der Waals surface area contributed by atoms with Gasteiger partial charge in [0.25, 0.3) is 0 Å². The number of hydrogen-bond acceptors (Lipinski definition) is 13. The second-order valence-electron chi connectivity index (χ2n) is 27.5. The predicted molar refractivity (Wildman–Crippen MR) is 369 cm³/mol. The number of aliphatic hydroxyl groups is 8. The number of unbranched alkanes of at least 4 members (excludes halogenated alkanes) is 48. The summed E-state index contributed by atoms with van der Waals surface area (Å²) in [5, 5.41) is 87.8. The van der Waals surface area contributed by atoms with Crippen molar-refractivity contribution >= 4 is 5.91 Å². The number of rotatable bonds is 65.